The first-order valence-electron chi connectivity index (χ1n) is 6.04. The van der Waals surface area contributed by atoms with Crippen molar-refractivity contribution in [3.05, 3.63) is 34.4 Å². The maximum Gasteiger partial charge on any atom is 0.271 e. The Morgan fingerprint density at radius 1 is 1.42 bits per heavy atom. The summed E-state index contributed by atoms with van der Waals surface area (Å²) in [4.78, 5) is 11.6. The van der Waals surface area contributed by atoms with E-state index >= 15 is 0 Å². The lowest BCUT2D eigenvalue weighted by Gasteiger charge is -2.04. The van der Waals surface area contributed by atoms with Crippen LogP contribution in [0.2, 0.25) is 5.02 Å². The molecule has 0 saturated carbocycles. The molecule has 102 valence electrons. The Morgan fingerprint density at radius 2 is 2.16 bits per heavy atom. The van der Waals surface area contributed by atoms with Crippen molar-refractivity contribution in [3.63, 3.8) is 0 Å². The van der Waals surface area contributed by atoms with Gasteiger partial charge in [-0.05, 0) is 26.8 Å². The molecule has 6 nitrogen and oxygen atoms in total. The molecule has 0 aliphatic rings. The molecule has 2 heterocycles. The molecule has 0 aliphatic carbocycles. The number of nitrogens with one attached hydrogen (secondary N) is 1. The van der Waals surface area contributed by atoms with E-state index in [0.29, 0.717) is 23.9 Å². The predicted molar refractivity (Wildman–Crippen MR) is 72.3 cm³/mol. The van der Waals surface area contributed by atoms with E-state index in [2.05, 4.69) is 15.5 Å². The van der Waals surface area contributed by atoms with E-state index in [4.69, 9.17) is 11.6 Å². The Labute approximate surface area is 116 Å². The van der Waals surface area contributed by atoms with Crippen LogP contribution < -0.4 is 5.32 Å². The Hall–Kier alpha value is -1.82. The Bertz CT molecular complexity index is 601. The van der Waals surface area contributed by atoms with Gasteiger partial charge in [0.25, 0.3) is 5.91 Å². The summed E-state index contributed by atoms with van der Waals surface area (Å²) >= 11 is 6.08. The van der Waals surface area contributed by atoms with Crippen molar-refractivity contribution >= 4 is 17.5 Å². The van der Waals surface area contributed by atoms with Gasteiger partial charge in [-0.25, -0.2) is 4.68 Å². The average molecular weight is 282 g/mol. The van der Waals surface area contributed by atoms with E-state index in [-0.39, 0.29) is 5.91 Å². The molecule has 2 aromatic heterocycles. The summed E-state index contributed by atoms with van der Waals surface area (Å²) in [5.74, 6) is -0.173. The van der Waals surface area contributed by atoms with Crippen molar-refractivity contribution in [2.75, 3.05) is 6.54 Å². The van der Waals surface area contributed by atoms with Crippen LogP contribution in [0.4, 0.5) is 0 Å². The smallest absolute Gasteiger partial charge is 0.271 e. The number of rotatable bonds is 4. The van der Waals surface area contributed by atoms with E-state index in [1.807, 2.05) is 20.8 Å². The molecule has 0 aliphatic heterocycles. The summed E-state index contributed by atoms with van der Waals surface area (Å²) in [6.45, 7) is 6.63. The summed E-state index contributed by atoms with van der Waals surface area (Å²) < 4.78 is 3.41. The van der Waals surface area contributed by atoms with Crippen molar-refractivity contribution in [3.8, 4) is 0 Å². The third-order valence-electron chi connectivity index (χ3n) is 2.78. The molecular weight excluding hydrogens is 266 g/mol. The highest BCUT2D eigenvalue weighted by atomic mass is 35.5. The van der Waals surface area contributed by atoms with E-state index < -0.39 is 0 Å². The molecular formula is C12H16ClN5O. The molecule has 0 radical (unpaired) electrons. The Balaban J connectivity index is 2.16. The number of aromatic nitrogens is 4. The van der Waals surface area contributed by atoms with Gasteiger partial charge in [-0.15, -0.1) is 0 Å². The predicted octanol–water partition coefficient (Wildman–Crippen LogP) is 1.61. The number of hydrogen-bond acceptors (Lipinski definition) is 3. The number of nitrogens with zero attached hydrogens (tertiary/aromatic N) is 4. The van der Waals surface area contributed by atoms with Crippen molar-refractivity contribution < 1.29 is 4.79 Å². The molecule has 2 rings (SSSR count). The summed E-state index contributed by atoms with van der Waals surface area (Å²) in [6, 6.07) is 1.68. The van der Waals surface area contributed by atoms with E-state index in [1.165, 1.54) is 0 Å². The molecule has 1 N–H and O–H groups in total. The van der Waals surface area contributed by atoms with Crippen LogP contribution in [0.25, 0.3) is 0 Å². The number of carbonyl (C=O) groups excluding carboxylic acids is 1. The minimum Gasteiger partial charge on any atom is -0.351 e. The summed E-state index contributed by atoms with van der Waals surface area (Å²) in [5, 5.41) is 11.9. The highest BCUT2D eigenvalue weighted by Gasteiger charge is 2.11. The van der Waals surface area contributed by atoms with Gasteiger partial charge in [-0.2, -0.15) is 10.2 Å². The normalized spacial score (nSPS) is 10.7. The fraction of sp³-hybridized carbons (Fsp3) is 0.417. The van der Waals surface area contributed by atoms with Gasteiger partial charge < -0.3 is 5.32 Å². The largest absolute Gasteiger partial charge is 0.351 e. The molecule has 0 saturated heterocycles. The van der Waals surface area contributed by atoms with Gasteiger partial charge >= 0.3 is 0 Å². The molecule has 7 heteroatoms. The lowest BCUT2D eigenvalue weighted by Crippen LogP contribution is -2.23. The number of halogens is 1. The standard InChI is InChI=1S/C12H16ClN5O/c1-4-14-12(19)10-5-6-17(16-10)7-18-9(3)11(13)8(2)15-18/h5-6H,4,7H2,1-3H3,(H,14,19). The van der Waals surface area contributed by atoms with E-state index in [1.54, 1.807) is 21.6 Å². The molecule has 19 heavy (non-hydrogen) atoms. The molecule has 2 aromatic rings. The molecule has 1 amide bonds. The van der Waals surface area contributed by atoms with Crippen LogP contribution in [0, 0.1) is 13.8 Å². The van der Waals surface area contributed by atoms with Crippen molar-refractivity contribution in [1.82, 2.24) is 24.9 Å². The van der Waals surface area contributed by atoms with Gasteiger partial charge in [0.1, 0.15) is 12.4 Å². The molecule has 0 aromatic carbocycles. The molecule has 0 atom stereocenters. The lowest BCUT2D eigenvalue weighted by atomic mass is 10.4. The zero-order valence-electron chi connectivity index (χ0n) is 11.1. The van der Waals surface area contributed by atoms with Crippen molar-refractivity contribution in [1.29, 1.82) is 0 Å². The van der Waals surface area contributed by atoms with Crippen molar-refractivity contribution in [2.24, 2.45) is 0 Å². The first kappa shape index (κ1) is 13.6. The zero-order valence-corrected chi connectivity index (χ0v) is 11.9. The highest BCUT2D eigenvalue weighted by Crippen LogP contribution is 2.18. The fourth-order valence-electron chi connectivity index (χ4n) is 1.76. The van der Waals surface area contributed by atoms with E-state index in [9.17, 15) is 4.79 Å². The first-order valence-corrected chi connectivity index (χ1v) is 6.42. The van der Waals surface area contributed by atoms with Gasteiger partial charge in [0.15, 0.2) is 0 Å². The molecule has 0 fully saturated rings. The van der Waals surface area contributed by atoms with Gasteiger partial charge in [0.05, 0.1) is 16.4 Å². The van der Waals surface area contributed by atoms with Crippen LogP contribution in [-0.4, -0.2) is 32.0 Å². The Morgan fingerprint density at radius 3 is 2.74 bits per heavy atom. The van der Waals surface area contributed by atoms with Gasteiger partial charge in [-0.3, -0.25) is 9.48 Å². The minimum atomic E-state index is -0.173. The monoisotopic (exact) mass is 281 g/mol. The number of amides is 1. The van der Waals surface area contributed by atoms with Gasteiger partial charge in [0, 0.05) is 12.7 Å². The SMILES string of the molecule is CCNC(=O)c1ccn(Cn2nc(C)c(Cl)c2C)n1. The quantitative estimate of drug-likeness (QED) is 0.926. The van der Waals surface area contributed by atoms with Crippen LogP contribution in [0.1, 0.15) is 28.8 Å². The van der Waals surface area contributed by atoms with Crippen LogP contribution in [-0.2, 0) is 6.67 Å². The highest BCUT2D eigenvalue weighted by molar-refractivity contribution is 6.31. The number of aryl methyl sites for hydroxylation is 1. The summed E-state index contributed by atoms with van der Waals surface area (Å²) in [5.41, 5.74) is 2.07. The second kappa shape index (κ2) is 5.44. The molecule has 0 unspecified atom stereocenters. The van der Waals surface area contributed by atoms with Gasteiger partial charge in [-0.1, -0.05) is 11.6 Å². The maximum atomic E-state index is 11.6. The number of carbonyl (C=O) groups is 1. The zero-order chi connectivity index (χ0) is 14.0. The van der Waals surface area contributed by atoms with Crippen LogP contribution in [0.5, 0.6) is 0 Å². The third kappa shape index (κ3) is 2.78. The first-order chi connectivity index (χ1) is 9.02. The Kier molecular flexibility index (Phi) is 3.90. The van der Waals surface area contributed by atoms with E-state index in [0.717, 1.165) is 11.4 Å². The van der Waals surface area contributed by atoms with Gasteiger partial charge in [0.2, 0.25) is 0 Å². The maximum absolute atomic E-state index is 11.6. The fourth-order valence-corrected chi connectivity index (χ4v) is 1.90. The third-order valence-corrected chi connectivity index (χ3v) is 3.33. The summed E-state index contributed by atoms with van der Waals surface area (Å²) in [6.07, 6.45) is 1.74. The second-order valence-electron chi connectivity index (χ2n) is 4.23. The minimum absolute atomic E-state index is 0.173. The van der Waals surface area contributed by atoms with Crippen LogP contribution in [0.15, 0.2) is 12.3 Å². The van der Waals surface area contributed by atoms with Crippen LogP contribution in [0.3, 0.4) is 0 Å². The number of hydrogen-bond donors (Lipinski definition) is 1. The van der Waals surface area contributed by atoms with Crippen LogP contribution >= 0.6 is 11.6 Å². The topological polar surface area (TPSA) is 64.7 Å². The second-order valence-corrected chi connectivity index (χ2v) is 4.60. The average Bonchev–Trinajstić information content (AvgIpc) is 2.92. The molecule has 0 spiro atoms. The summed E-state index contributed by atoms with van der Waals surface area (Å²) in [7, 11) is 0. The van der Waals surface area contributed by atoms with Crippen molar-refractivity contribution in [2.45, 2.75) is 27.4 Å². The molecule has 0 bridgehead atoms. The lowest BCUT2D eigenvalue weighted by molar-refractivity contribution is 0.0950.